The molecule has 3 atom stereocenters. The zero-order valence-corrected chi connectivity index (χ0v) is 17.2. The molecule has 2 aliphatic heterocycles. The van der Waals surface area contributed by atoms with E-state index < -0.39 is 18.0 Å². The van der Waals surface area contributed by atoms with Gasteiger partial charge in [0, 0.05) is 18.3 Å². The van der Waals surface area contributed by atoms with Crippen LogP contribution in [0, 0.1) is 11.8 Å². The molecular weight excluding hydrogens is 404 g/mol. The van der Waals surface area contributed by atoms with Gasteiger partial charge in [0.15, 0.2) is 17.6 Å². The standard InChI is InChI=1S/C22H24N2O7/c1-13(20(26)23-14-6-7-17-18(12-14)30-11-10-29-17)31-19(25)8-9-24-21(27)15-4-2-3-5-16(15)22(24)28/h2-3,6-7,12-13,15-16H,4-5,8-11H2,1H3,(H,23,26)/t13-,15-,16+/m1/s1. The zero-order valence-electron chi connectivity index (χ0n) is 17.2. The van der Waals surface area contributed by atoms with E-state index in [-0.39, 0.29) is 36.6 Å². The number of carbonyl (C=O) groups excluding carboxylic acids is 4. The van der Waals surface area contributed by atoms with Gasteiger partial charge in [-0.05, 0) is 31.9 Å². The van der Waals surface area contributed by atoms with Crippen LogP contribution in [0.15, 0.2) is 30.4 Å². The summed E-state index contributed by atoms with van der Waals surface area (Å²) in [5.41, 5.74) is 0.488. The molecular formula is C22H24N2O7. The van der Waals surface area contributed by atoms with E-state index in [2.05, 4.69) is 5.32 Å². The summed E-state index contributed by atoms with van der Waals surface area (Å²) >= 11 is 0. The van der Waals surface area contributed by atoms with E-state index in [1.807, 2.05) is 12.2 Å². The maximum atomic E-state index is 12.4. The lowest BCUT2D eigenvalue weighted by molar-refractivity contribution is -0.154. The van der Waals surface area contributed by atoms with E-state index in [1.54, 1.807) is 18.2 Å². The summed E-state index contributed by atoms with van der Waals surface area (Å²) in [7, 11) is 0. The topological polar surface area (TPSA) is 111 Å². The monoisotopic (exact) mass is 428 g/mol. The van der Waals surface area contributed by atoms with Crippen molar-refractivity contribution < 1.29 is 33.4 Å². The van der Waals surface area contributed by atoms with Gasteiger partial charge >= 0.3 is 5.97 Å². The number of allylic oxidation sites excluding steroid dienone is 2. The van der Waals surface area contributed by atoms with Gasteiger partial charge in [0.2, 0.25) is 11.8 Å². The molecule has 31 heavy (non-hydrogen) atoms. The van der Waals surface area contributed by atoms with Crippen molar-refractivity contribution in [2.24, 2.45) is 11.8 Å². The summed E-state index contributed by atoms with van der Waals surface area (Å²) in [5, 5.41) is 2.66. The van der Waals surface area contributed by atoms with Gasteiger partial charge in [-0.25, -0.2) is 0 Å². The van der Waals surface area contributed by atoms with Crippen LogP contribution in [0.5, 0.6) is 11.5 Å². The van der Waals surface area contributed by atoms with Gasteiger partial charge in [0.25, 0.3) is 5.91 Å². The number of nitrogens with zero attached hydrogens (tertiary/aromatic N) is 1. The number of esters is 1. The van der Waals surface area contributed by atoms with E-state index in [0.717, 1.165) is 4.90 Å². The molecule has 1 N–H and O–H groups in total. The number of nitrogens with one attached hydrogen (secondary N) is 1. The molecule has 1 saturated heterocycles. The fraction of sp³-hybridized carbons (Fsp3) is 0.455. The van der Waals surface area contributed by atoms with E-state index in [1.165, 1.54) is 6.92 Å². The lowest BCUT2D eigenvalue weighted by atomic mass is 9.85. The minimum Gasteiger partial charge on any atom is -0.486 e. The molecule has 3 amide bonds. The van der Waals surface area contributed by atoms with E-state index in [4.69, 9.17) is 14.2 Å². The summed E-state index contributed by atoms with van der Waals surface area (Å²) in [6, 6.07) is 5.00. The summed E-state index contributed by atoms with van der Waals surface area (Å²) in [6.07, 6.45) is 3.71. The van der Waals surface area contributed by atoms with Gasteiger partial charge in [-0.3, -0.25) is 24.1 Å². The van der Waals surface area contributed by atoms with Crippen molar-refractivity contribution in [2.75, 3.05) is 25.1 Å². The highest BCUT2D eigenvalue weighted by Crippen LogP contribution is 2.35. The normalized spacial score (nSPS) is 22.7. The smallest absolute Gasteiger partial charge is 0.308 e. The first-order valence-electron chi connectivity index (χ1n) is 10.3. The molecule has 9 heteroatoms. The third-order valence-electron chi connectivity index (χ3n) is 5.63. The molecule has 0 saturated carbocycles. The highest BCUT2D eigenvalue weighted by Gasteiger charge is 2.47. The molecule has 0 bridgehead atoms. The number of amides is 3. The van der Waals surface area contributed by atoms with Crippen molar-refractivity contribution in [3.05, 3.63) is 30.4 Å². The second-order valence-electron chi connectivity index (χ2n) is 7.71. The number of fused-ring (bicyclic) bond motifs is 2. The fourth-order valence-electron chi connectivity index (χ4n) is 3.97. The molecule has 0 unspecified atom stereocenters. The van der Waals surface area contributed by atoms with E-state index >= 15 is 0 Å². The van der Waals surface area contributed by atoms with Crippen LogP contribution in [0.25, 0.3) is 0 Å². The predicted molar refractivity (Wildman–Crippen MR) is 108 cm³/mol. The average molecular weight is 428 g/mol. The molecule has 1 aromatic rings. The van der Waals surface area contributed by atoms with Crippen LogP contribution in [0.1, 0.15) is 26.2 Å². The Morgan fingerprint density at radius 2 is 1.74 bits per heavy atom. The van der Waals surface area contributed by atoms with Crippen molar-refractivity contribution in [3.8, 4) is 11.5 Å². The van der Waals surface area contributed by atoms with Crippen molar-refractivity contribution in [2.45, 2.75) is 32.3 Å². The summed E-state index contributed by atoms with van der Waals surface area (Å²) < 4.78 is 16.1. The Labute approximate surface area is 179 Å². The van der Waals surface area contributed by atoms with E-state index in [9.17, 15) is 19.2 Å². The Kier molecular flexibility index (Phi) is 5.92. The quantitative estimate of drug-likeness (QED) is 0.417. The van der Waals surface area contributed by atoms with Gasteiger partial charge in [-0.1, -0.05) is 12.2 Å². The van der Waals surface area contributed by atoms with Gasteiger partial charge in [0.05, 0.1) is 18.3 Å². The van der Waals surface area contributed by atoms with Crippen molar-refractivity contribution in [1.82, 2.24) is 4.90 Å². The number of likely N-dealkylation sites (tertiary alicyclic amines) is 1. The number of benzene rings is 1. The minimum absolute atomic E-state index is 0.0417. The first kappa shape index (κ1) is 20.9. The van der Waals surface area contributed by atoms with Crippen LogP contribution in [0.2, 0.25) is 0 Å². The van der Waals surface area contributed by atoms with Crippen LogP contribution < -0.4 is 14.8 Å². The van der Waals surface area contributed by atoms with Crippen LogP contribution in [-0.2, 0) is 23.9 Å². The largest absolute Gasteiger partial charge is 0.486 e. The minimum atomic E-state index is -1.04. The molecule has 1 aromatic carbocycles. The number of ether oxygens (including phenoxy) is 3. The first-order valence-corrected chi connectivity index (χ1v) is 10.3. The molecule has 1 aliphatic carbocycles. The Morgan fingerprint density at radius 1 is 1.10 bits per heavy atom. The van der Waals surface area contributed by atoms with Crippen molar-refractivity contribution in [3.63, 3.8) is 0 Å². The maximum absolute atomic E-state index is 12.4. The molecule has 0 aromatic heterocycles. The summed E-state index contributed by atoms with van der Waals surface area (Å²) in [4.78, 5) is 50.6. The van der Waals surface area contributed by atoms with Gasteiger partial charge < -0.3 is 19.5 Å². The van der Waals surface area contributed by atoms with Crippen LogP contribution >= 0.6 is 0 Å². The van der Waals surface area contributed by atoms with Crippen LogP contribution in [0.4, 0.5) is 5.69 Å². The van der Waals surface area contributed by atoms with Crippen LogP contribution in [0.3, 0.4) is 0 Å². The Balaban J connectivity index is 1.26. The number of hydrogen-bond acceptors (Lipinski definition) is 7. The lowest BCUT2D eigenvalue weighted by Crippen LogP contribution is -2.35. The third-order valence-corrected chi connectivity index (χ3v) is 5.63. The van der Waals surface area contributed by atoms with Gasteiger partial charge in [0.1, 0.15) is 13.2 Å². The highest BCUT2D eigenvalue weighted by atomic mass is 16.6. The molecule has 2 heterocycles. The Hall–Kier alpha value is -3.36. The number of rotatable bonds is 6. The fourth-order valence-corrected chi connectivity index (χ4v) is 3.97. The van der Waals surface area contributed by atoms with Crippen molar-refractivity contribution >= 4 is 29.4 Å². The SMILES string of the molecule is C[C@@H](OC(=O)CCN1C(=O)[C@H]2CC=CC[C@H]2C1=O)C(=O)Nc1ccc2c(c1)OCCO2. The Bertz CT molecular complexity index is 916. The van der Waals surface area contributed by atoms with Gasteiger partial charge in [-0.15, -0.1) is 0 Å². The molecule has 1 fully saturated rings. The van der Waals surface area contributed by atoms with E-state index in [0.29, 0.717) is 43.2 Å². The highest BCUT2D eigenvalue weighted by molar-refractivity contribution is 6.05. The van der Waals surface area contributed by atoms with Crippen LogP contribution in [-0.4, -0.2) is 54.5 Å². The number of anilines is 1. The summed E-state index contributed by atoms with van der Waals surface area (Å²) in [6.45, 7) is 2.31. The molecule has 4 rings (SSSR count). The molecule has 3 aliphatic rings. The first-order chi connectivity index (χ1) is 14.9. The molecule has 164 valence electrons. The second kappa shape index (κ2) is 8.79. The maximum Gasteiger partial charge on any atom is 0.308 e. The predicted octanol–water partition coefficient (Wildman–Crippen LogP) is 1.67. The van der Waals surface area contributed by atoms with Gasteiger partial charge in [-0.2, -0.15) is 0 Å². The van der Waals surface area contributed by atoms with Crippen molar-refractivity contribution in [1.29, 1.82) is 0 Å². The zero-order chi connectivity index (χ0) is 22.0. The summed E-state index contributed by atoms with van der Waals surface area (Å²) in [5.74, 6) is -1.16. The molecule has 0 spiro atoms. The molecule has 0 radical (unpaired) electrons. The Morgan fingerprint density at radius 3 is 2.42 bits per heavy atom. The number of imide groups is 1. The number of hydrogen-bond donors (Lipinski definition) is 1. The lowest BCUT2D eigenvalue weighted by Gasteiger charge is -2.19. The third kappa shape index (κ3) is 4.40. The second-order valence-corrected chi connectivity index (χ2v) is 7.71. The molecule has 9 nitrogen and oxygen atoms in total. The average Bonchev–Trinajstić information content (AvgIpc) is 3.02. The number of carbonyl (C=O) groups is 4.